The molecule has 0 saturated heterocycles. The molecule has 0 aliphatic carbocycles. The predicted molar refractivity (Wildman–Crippen MR) is 297 cm³/mol. The molecule has 6 aromatic carbocycles. The molecule has 25 heteroatoms. The Balaban J connectivity index is 0.000000296. The number of halogens is 5. The lowest BCUT2D eigenvalue weighted by Gasteiger charge is -2.18. The van der Waals surface area contributed by atoms with E-state index in [1.165, 1.54) is 62.4 Å². The normalized spacial score (nSPS) is 13.4. The second kappa shape index (κ2) is 34.1. The zero-order valence-electron chi connectivity index (χ0n) is 45.6. The van der Waals surface area contributed by atoms with Crippen molar-refractivity contribution in [2.24, 2.45) is 22.9 Å². The van der Waals surface area contributed by atoms with Crippen molar-refractivity contribution in [3.8, 4) is 0 Å². The monoisotopic (exact) mass is 1170 g/mol. The van der Waals surface area contributed by atoms with Crippen molar-refractivity contribution in [1.82, 2.24) is 21.3 Å². The molecule has 0 saturated carbocycles. The number of aryl methyl sites for hydroxylation is 1. The molecular weight excluding hydrogens is 1110 g/mol. The highest BCUT2D eigenvalue weighted by Gasteiger charge is 2.28. The third-order valence-electron chi connectivity index (χ3n) is 12.0. The van der Waals surface area contributed by atoms with E-state index in [0.717, 1.165) is 12.1 Å². The lowest BCUT2D eigenvalue weighted by molar-refractivity contribution is -0.142. The average molecular weight is 1170 g/mol. The lowest BCUT2D eigenvalue weighted by atomic mass is 10.0. The van der Waals surface area contributed by atoms with Crippen LogP contribution in [-0.4, -0.2) is 104 Å². The number of amides is 4. The molecule has 6 aromatic rings. The van der Waals surface area contributed by atoms with Crippen LogP contribution in [0.2, 0.25) is 0 Å². The lowest BCUT2D eigenvalue weighted by Crippen LogP contribution is -2.48. The Morgan fingerprint density at radius 2 is 0.690 bits per heavy atom. The van der Waals surface area contributed by atoms with Gasteiger partial charge in [-0.2, -0.15) is 0 Å². The molecule has 6 rings (SSSR count). The maximum absolute atomic E-state index is 13.6. The smallest absolute Gasteiger partial charge is 0.326 e. The van der Waals surface area contributed by atoms with E-state index in [9.17, 15) is 70.5 Å². The molecule has 4 unspecified atom stereocenters. The minimum Gasteiger partial charge on any atom is -0.480 e. The quantitative estimate of drug-likeness (QED) is 0.0422. The summed E-state index contributed by atoms with van der Waals surface area (Å²) in [6, 6.07) is 27.8. The number of nitrogens with one attached hydrogen (secondary N) is 4. The number of nitrogens with two attached hydrogens (primary N) is 4. The number of carbonyl (C=O) groups is 8. The van der Waals surface area contributed by atoms with Gasteiger partial charge in [-0.25, -0.2) is 41.1 Å². The second-order valence-corrected chi connectivity index (χ2v) is 18.8. The average Bonchev–Trinajstić information content (AvgIpc) is 3.57. The van der Waals surface area contributed by atoms with Gasteiger partial charge in [-0.1, -0.05) is 115 Å². The van der Waals surface area contributed by atoms with Crippen molar-refractivity contribution >= 4 is 47.5 Å². The van der Waals surface area contributed by atoms with Gasteiger partial charge in [0.15, 0.2) is 11.6 Å². The fourth-order valence-corrected chi connectivity index (χ4v) is 7.22. The third-order valence-corrected chi connectivity index (χ3v) is 12.0. The van der Waals surface area contributed by atoms with E-state index in [1.54, 1.807) is 91.9 Å². The first-order valence-electron chi connectivity index (χ1n) is 25.5. The molecule has 84 heavy (non-hydrogen) atoms. The van der Waals surface area contributed by atoms with Crippen LogP contribution in [0, 0.1) is 36.0 Å². The topological polar surface area (TPSA) is 370 Å². The molecule has 0 aromatic heterocycles. The van der Waals surface area contributed by atoms with Crippen molar-refractivity contribution in [2.75, 3.05) is 0 Å². The standard InChI is InChI=1S/C17H16F2N2O3.C17H17FN2O3.C13H17FN2O3.C12H15FN2O3/c18-12-7-6-10(8-13(12)19)9-14(17(23)24)21-16(22)15(20)11-4-2-1-3-5-11;18-13-9-5-4-8-12(13)10-14(17(22)23)20-16(21)15(19)11-6-2-1-3-7-11;1-7-3-4-9(5-10(7)14)6-11(13(18)19)16-12(17)8(2)15;1-7(14)11(16)15-10(12(17)18)6-8-4-2-3-5-9(8)13/h1-8,14-15H,9,20H2,(H,21,22)(H,23,24);1-9,14-15H,10,19H2,(H,20,21)(H,22,23);3-5,8,11H,6,15H2,1-2H3,(H,16,17)(H,18,19);2-5,7,10H,6,14H2,1H3,(H,15,16)(H,17,18)/t2*14?,15-;8-,11?;7-,10?/m0011/s1. The van der Waals surface area contributed by atoms with E-state index in [1.807, 2.05) is 0 Å². The first-order chi connectivity index (χ1) is 39.6. The van der Waals surface area contributed by atoms with Gasteiger partial charge < -0.3 is 64.6 Å². The van der Waals surface area contributed by atoms with Gasteiger partial charge in [-0.15, -0.1) is 0 Å². The number of carbonyl (C=O) groups excluding carboxylic acids is 4. The number of benzene rings is 6. The number of rotatable bonds is 22. The van der Waals surface area contributed by atoms with Gasteiger partial charge in [0.05, 0.1) is 12.1 Å². The Labute approximate surface area is 479 Å². The minimum absolute atomic E-state index is 0.00495. The van der Waals surface area contributed by atoms with E-state index < -0.39 is 125 Å². The van der Waals surface area contributed by atoms with Crippen LogP contribution < -0.4 is 44.2 Å². The van der Waals surface area contributed by atoms with Gasteiger partial charge in [0.25, 0.3) is 0 Å². The molecule has 0 radical (unpaired) electrons. The van der Waals surface area contributed by atoms with Crippen LogP contribution in [0.25, 0.3) is 0 Å². The summed E-state index contributed by atoms with van der Waals surface area (Å²) in [5.41, 5.74) is 25.1. The number of hydrogen-bond donors (Lipinski definition) is 12. The fourth-order valence-electron chi connectivity index (χ4n) is 7.22. The van der Waals surface area contributed by atoms with Crippen molar-refractivity contribution < 1.29 is 80.7 Å². The molecule has 16 N–H and O–H groups in total. The Morgan fingerprint density at radius 1 is 0.381 bits per heavy atom. The Kier molecular flexibility index (Phi) is 28.0. The zero-order valence-corrected chi connectivity index (χ0v) is 45.6. The first-order valence-corrected chi connectivity index (χ1v) is 25.5. The predicted octanol–water partition coefficient (Wildman–Crippen LogP) is 4.29. The molecule has 0 spiro atoms. The Hall–Kier alpha value is -9.43. The summed E-state index contributed by atoms with van der Waals surface area (Å²) >= 11 is 0. The summed E-state index contributed by atoms with van der Waals surface area (Å²) < 4.78 is 66.5. The van der Waals surface area contributed by atoms with Crippen LogP contribution in [-0.2, 0) is 64.0 Å². The first kappa shape index (κ1) is 68.8. The summed E-state index contributed by atoms with van der Waals surface area (Å²) in [6.07, 6.45) is -0.472. The van der Waals surface area contributed by atoms with Gasteiger partial charge in [-0.3, -0.25) is 19.2 Å². The number of carboxylic acids is 4. The largest absolute Gasteiger partial charge is 0.480 e. The third kappa shape index (κ3) is 23.2. The molecule has 20 nitrogen and oxygen atoms in total. The summed E-state index contributed by atoms with van der Waals surface area (Å²) in [7, 11) is 0. The molecular formula is C59H65F5N8O12. The van der Waals surface area contributed by atoms with E-state index in [4.69, 9.17) is 33.1 Å². The highest BCUT2D eigenvalue weighted by Crippen LogP contribution is 2.17. The molecule has 8 atom stereocenters. The van der Waals surface area contributed by atoms with E-state index in [-0.39, 0.29) is 42.4 Å². The summed E-state index contributed by atoms with van der Waals surface area (Å²) in [5, 5.41) is 45.8. The molecule has 0 fully saturated rings. The summed E-state index contributed by atoms with van der Waals surface area (Å²) in [4.78, 5) is 91.7. The minimum atomic E-state index is -1.31. The highest BCUT2D eigenvalue weighted by molar-refractivity contribution is 5.89. The van der Waals surface area contributed by atoms with Crippen molar-refractivity contribution in [1.29, 1.82) is 0 Å². The number of carboxylic acid groups (broad SMARTS) is 4. The second-order valence-electron chi connectivity index (χ2n) is 18.8. The SMILES string of the molecule is C[C@@H](N)C(=O)NC(Cc1ccccc1F)C(=O)O.Cc1ccc(CC(NC(=O)[C@@H](C)N)C(=O)O)cc1F.N[C@H](C(=O)NC(Cc1ccc(F)c(F)c1)C(=O)O)c1ccccc1.N[C@H](C(=O)NC(Cc1ccccc1F)C(=O)O)c1ccccc1. The van der Waals surface area contributed by atoms with Gasteiger partial charge in [0.2, 0.25) is 23.6 Å². The van der Waals surface area contributed by atoms with Crippen LogP contribution in [0.5, 0.6) is 0 Å². The summed E-state index contributed by atoms with van der Waals surface area (Å²) in [5.74, 6) is -10.9. The van der Waals surface area contributed by atoms with Crippen molar-refractivity contribution in [3.05, 3.63) is 214 Å². The van der Waals surface area contributed by atoms with Crippen molar-refractivity contribution in [2.45, 2.75) is 94.8 Å². The maximum atomic E-state index is 13.6. The molecule has 0 bridgehead atoms. The molecule has 0 aliphatic heterocycles. The molecule has 0 heterocycles. The van der Waals surface area contributed by atoms with Gasteiger partial charge in [0.1, 0.15) is 53.7 Å². The van der Waals surface area contributed by atoms with Crippen LogP contribution in [0.4, 0.5) is 22.0 Å². The molecule has 448 valence electrons. The Morgan fingerprint density at radius 3 is 1.01 bits per heavy atom. The Bertz CT molecular complexity index is 3200. The van der Waals surface area contributed by atoms with Crippen molar-refractivity contribution in [3.63, 3.8) is 0 Å². The van der Waals surface area contributed by atoms with E-state index in [2.05, 4.69) is 21.3 Å². The number of aliphatic carboxylic acids is 4. The van der Waals surface area contributed by atoms with Crippen LogP contribution >= 0.6 is 0 Å². The highest BCUT2D eigenvalue weighted by atomic mass is 19.2. The van der Waals surface area contributed by atoms with Crippen LogP contribution in [0.15, 0.2) is 146 Å². The number of hydrogen-bond acceptors (Lipinski definition) is 12. The van der Waals surface area contributed by atoms with Gasteiger partial charge in [-0.05, 0) is 90.0 Å². The van der Waals surface area contributed by atoms with E-state index >= 15 is 0 Å². The molecule has 0 aliphatic rings. The fraction of sp³-hybridized carbons (Fsp3) is 0.254. The molecule has 4 amide bonds. The van der Waals surface area contributed by atoms with E-state index in [0.29, 0.717) is 22.3 Å². The van der Waals surface area contributed by atoms with Crippen LogP contribution in [0.1, 0.15) is 64.9 Å². The summed E-state index contributed by atoms with van der Waals surface area (Å²) in [6.45, 7) is 4.52. The maximum Gasteiger partial charge on any atom is 0.326 e. The van der Waals surface area contributed by atoms with Gasteiger partial charge in [0, 0.05) is 25.7 Å². The van der Waals surface area contributed by atoms with Crippen LogP contribution in [0.3, 0.4) is 0 Å². The van der Waals surface area contributed by atoms with Gasteiger partial charge >= 0.3 is 23.9 Å². The zero-order chi connectivity index (χ0) is 62.8.